The van der Waals surface area contributed by atoms with Crippen LogP contribution in [0.4, 0.5) is 5.69 Å². The van der Waals surface area contributed by atoms with Crippen molar-refractivity contribution >= 4 is 5.69 Å². The first-order valence-corrected chi connectivity index (χ1v) is 4.07. The Kier molecular flexibility index (Phi) is 1.53. The first kappa shape index (κ1) is 6.65. The smallest absolute Gasteiger partial charge is 0.0380 e. The van der Waals surface area contributed by atoms with Gasteiger partial charge in [-0.2, -0.15) is 0 Å². The molecule has 1 aliphatic carbocycles. The van der Waals surface area contributed by atoms with Crippen molar-refractivity contribution in [3.63, 3.8) is 0 Å². The number of hydrogen-bond donors (Lipinski definition) is 1. The second-order valence-electron chi connectivity index (χ2n) is 3.13. The molecule has 1 fully saturated rings. The highest BCUT2D eigenvalue weighted by atomic mass is 14.7. The predicted molar refractivity (Wildman–Crippen MR) is 45.2 cm³/mol. The molecule has 2 nitrogen and oxygen atoms in total. The van der Waals surface area contributed by atoms with Gasteiger partial charge in [-0.25, -0.2) is 0 Å². The molecule has 1 saturated carbocycles. The van der Waals surface area contributed by atoms with Crippen molar-refractivity contribution in [2.45, 2.75) is 25.2 Å². The van der Waals surface area contributed by atoms with Gasteiger partial charge in [-0.1, -0.05) is 6.42 Å². The fraction of sp³-hybridized carbons (Fsp3) is 0.444. The van der Waals surface area contributed by atoms with Crippen molar-refractivity contribution in [2.24, 2.45) is 0 Å². The van der Waals surface area contributed by atoms with Crippen molar-refractivity contribution in [3.05, 3.63) is 24.0 Å². The number of pyridine rings is 1. The highest BCUT2D eigenvalue weighted by Gasteiger charge is 2.21. The quantitative estimate of drug-likeness (QED) is 0.661. The van der Waals surface area contributed by atoms with E-state index in [2.05, 4.69) is 4.98 Å². The van der Waals surface area contributed by atoms with E-state index in [0.29, 0.717) is 5.92 Å². The van der Waals surface area contributed by atoms with Crippen molar-refractivity contribution in [1.29, 1.82) is 0 Å². The fourth-order valence-electron chi connectivity index (χ4n) is 1.48. The van der Waals surface area contributed by atoms with Crippen LogP contribution in [0.25, 0.3) is 0 Å². The number of nitrogens with two attached hydrogens (primary N) is 1. The molecular formula is C9H12N2. The second-order valence-corrected chi connectivity index (χ2v) is 3.13. The van der Waals surface area contributed by atoms with Crippen molar-refractivity contribution in [3.8, 4) is 0 Å². The molecule has 1 aliphatic rings. The van der Waals surface area contributed by atoms with Crippen LogP contribution in [-0.2, 0) is 0 Å². The largest absolute Gasteiger partial charge is 0.398 e. The van der Waals surface area contributed by atoms with Gasteiger partial charge in [0, 0.05) is 18.1 Å². The predicted octanol–water partition coefficient (Wildman–Crippen LogP) is 1.93. The van der Waals surface area contributed by atoms with Crippen LogP contribution in [0, 0.1) is 0 Å². The molecule has 0 unspecified atom stereocenters. The van der Waals surface area contributed by atoms with E-state index in [0.717, 1.165) is 5.69 Å². The van der Waals surface area contributed by atoms with Crippen LogP contribution in [0.3, 0.4) is 0 Å². The van der Waals surface area contributed by atoms with E-state index < -0.39 is 0 Å². The van der Waals surface area contributed by atoms with Gasteiger partial charge < -0.3 is 5.73 Å². The van der Waals surface area contributed by atoms with E-state index in [9.17, 15) is 0 Å². The molecule has 0 aliphatic heterocycles. The lowest BCUT2D eigenvalue weighted by Crippen LogP contribution is -2.11. The standard InChI is InChI=1S/C9H12N2/c10-9-4-5-11-6-8(9)7-2-1-3-7/h4-7H,1-3H2,(H2,10,11). The lowest BCUT2D eigenvalue weighted by Gasteiger charge is -2.26. The third-order valence-electron chi connectivity index (χ3n) is 2.43. The first-order chi connectivity index (χ1) is 5.38. The van der Waals surface area contributed by atoms with E-state index >= 15 is 0 Å². The normalized spacial score (nSPS) is 17.8. The summed E-state index contributed by atoms with van der Waals surface area (Å²) in [7, 11) is 0. The molecule has 0 saturated heterocycles. The Bertz CT molecular complexity index is 253. The second kappa shape index (κ2) is 2.53. The van der Waals surface area contributed by atoms with Gasteiger partial charge in [0.05, 0.1) is 0 Å². The van der Waals surface area contributed by atoms with E-state index in [1.54, 1.807) is 6.20 Å². The summed E-state index contributed by atoms with van der Waals surface area (Å²) in [6.07, 6.45) is 7.57. The van der Waals surface area contributed by atoms with Crippen LogP contribution in [0.1, 0.15) is 30.7 Å². The number of rotatable bonds is 1. The summed E-state index contributed by atoms with van der Waals surface area (Å²) in [4.78, 5) is 4.07. The monoisotopic (exact) mass is 148 g/mol. The Morgan fingerprint density at radius 1 is 1.45 bits per heavy atom. The number of hydrogen-bond acceptors (Lipinski definition) is 2. The van der Waals surface area contributed by atoms with E-state index in [1.165, 1.54) is 24.8 Å². The van der Waals surface area contributed by atoms with Gasteiger partial charge in [-0.15, -0.1) is 0 Å². The molecule has 0 radical (unpaired) electrons. The number of nitrogen functional groups attached to an aromatic ring is 1. The molecule has 2 heteroatoms. The molecule has 0 spiro atoms. The van der Waals surface area contributed by atoms with Gasteiger partial charge >= 0.3 is 0 Å². The third kappa shape index (κ3) is 1.09. The van der Waals surface area contributed by atoms with Crippen molar-refractivity contribution in [2.75, 3.05) is 5.73 Å². The fourth-order valence-corrected chi connectivity index (χ4v) is 1.48. The molecule has 2 rings (SSSR count). The SMILES string of the molecule is Nc1ccncc1C1CCC1. The summed E-state index contributed by atoms with van der Waals surface area (Å²) >= 11 is 0. The average Bonchev–Trinajstić information content (AvgIpc) is 1.90. The lowest BCUT2D eigenvalue weighted by molar-refractivity contribution is 0.420. The molecule has 0 aromatic carbocycles. The van der Waals surface area contributed by atoms with Crippen LogP contribution >= 0.6 is 0 Å². The van der Waals surface area contributed by atoms with Crippen molar-refractivity contribution < 1.29 is 0 Å². The molecular weight excluding hydrogens is 136 g/mol. The Morgan fingerprint density at radius 3 is 2.82 bits per heavy atom. The van der Waals surface area contributed by atoms with Gasteiger partial charge in [-0.3, -0.25) is 4.98 Å². The maximum Gasteiger partial charge on any atom is 0.0380 e. The molecule has 11 heavy (non-hydrogen) atoms. The topological polar surface area (TPSA) is 38.9 Å². The zero-order chi connectivity index (χ0) is 7.68. The Hall–Kier alpha value is -1.05. The molecule has 0 amide bonds. The Morgan fingerprint density at radius 2 is 2.27 bits per heavy atom. The minimum atomic E-state index is 0.698. The molecule has 58 valence electrons. The summed E-state index contributed by atoms with van der Waals surface area (Å²) in [6.45, 7) is 0. The van der Waals surface area contributed by atoms with E-state index in [1.807, 2.05) is 12.3 Å². The molecule has 0 bridgehead atoms. The van der Waals surface area contributed by atoms with Crippen LogP contribution in [0.5, 0.6) is 0 Å². The number of aromatic nitrogens is 1. The summed E-state index contributed by atoms with van der Waals surface area (Å²) in [5.74, 6) is 0.698. The number of anilines is 1. The van der Waals surface area contributed by atoms with Crippen LogP contribution in [-0.4, -0.2) is 4.98 Å². The summed E-state index contributed by atoms with van der Waals surface area (Å²) in [6, 6.07) is 1.88. The lowest BCUT2D eigenvalue weighted by atomic mass is 9.80. The van der Waals surface area contributed by atoms with Crippen LogP contribution < -0.4 is 5.73 Å². The van der Waals surface area contributed by atoms with E-state index in [4.69, 9.17) is 5.73 Å². The summed E-state index contributed by atoms with van der Waals surface area (Å²) in [5.41, 5.74) is 7.95. The molecule has 2 N–H and O–H groups in total. The van der Waals surface area contributed by atoms with Gasteiger partial charge in [0.1, 0.15) is 0 Å². The molecule has 1 aromatic heterocycles. The van der Waals surface area contributed by atoms with Gasteiger partial charge in [-0.05, 0) is 30.4 Å². The molecule has 1 aromatic rings. The summed E-state index contributed by atoms with van der Waals surface area (Å²) in [5, 5.41) is 0. The zero-order valence-corrected chi connectivity index (χ0v) is 6.46. The third-order valence-corrected chi connectivity index (χ3v) is 2.43. The Labute approximate surface area is 66.4 Å². The maximum absolute atomic E-state index is 5.79. The van der Waals surface area contributed by atoms with Crippen molar-refractivity contribution in [1.82, 2.24) is 4.98 Å². The zero-order valence-electron chi connectivity index (χ0n) is 6.46. The minimum Gasteiger partial charge on any atom is -0.398 e. The Balaban J connectivity index is 2.28. The highest BCUT2D eigenvalue weighted by molar-refractivity contribution is 5.46. The van der Waals surface area contributed by atoms with E-state index in [-0.39, 0.29) is 0 Å². The summed E-state index contributed by atoms with van der Waals surface area (Å²) < 4.78 is 0. The van der Waals surface area contributed by atoms with Gasteiger partial charge in [0.2, 0.25) is 0 Å². The number of nitrogens with zero attached hydrogens (tertiary/aromatic N) is 1. The highest BCUT2D eigenvalue weighted by Crippen LogP contribution is 2.38. The maximum atomic E-state index is 5.79. The molecule has 1 heterocycles. The van der Waals surface area contributed by atoms with Gasteiger partial charge in [0.25, 0.3) is 0 Å². The first-order valence-electron chi connectivity index (χ1n) is 4.07. The van der Waals surface area contributed by atoms with Crippen LogP contribution in [0.2, 0.25) is 0 Å². The van der Waals surface area contributed by atoms with Gasteiger partial charge in [0.15, 0.2) is 0 Å². The minimum absolute atomic E-state index is 0.698. The molecule has 0 atom stereocenters. The van der Waals surface area contributed by atoms with Crippen LogP contribution in [0.15, 0.2) is 18.5 Å². The average molecular weight is 148 g/mol.